The van der Waals surface area contributed by atoms with Gasteiger partial charge in [-0.2, -0.15) is 0 Å². The molecule has 20 heavy (non-hydrogen) atoms. The van der Waals surface area contributed by atoms with Crippen LogP contribution in [0.4, 0.5) is 0 Å². The van der Waals surface area contributed by atoms with Crippen molar-refractivity contribution in [3.05, 3.63) is 23.7 Å². The lowest BCUT2D eigenvalue weighted by atomic mass is 9.69. The van der Waals surface area contributed by atoms with Crippen LogP contribution in [-0.4, -0.2) is 11.9 Å². The largest absolute Gasteiger partial charge is 0.469 e. The second-order valence-corrected chi connectivity index (χ2v) is 6.75. The molecule has 3 nitrogen and oxygen atoms in total. The Morgan fingerprint density at radius 2 is 2.00 bits per heavy atom. The minimum Gasteiger partial charge on any atom is -0.469 e. The Balaban J connectivity index is 1.86. The van der Waals surface area contributed by atoms with E-state index in [1.165, 1.54) is 19.3 Å². The lowest BCUT2D eigenvalue weighted by Gasteiger charge is -2.39. The summed E-state index contributed by atoms with van der Waals surface area (Å²) in [6, 6.07) is 2.07. The van der Waals surface area contributed by atoms with E-state index >= 15 is 0 Å². The molecule has 3 heteroatoms. The Morgan fingerprint density at radius 1 is 1.35 bits per heavy atom. The number of amides is 1. The van der Waals surface area contributed by atoms with Gasteiger partial charge >= 0.3 is 0 Å². The Bertz CT molecular complexity index is 453. The number of nitrogens with one attached hydrogen (secondary N) is 1. The molecule has 2 rings (SSSR count). The van der Waals surface area contributed by atoms with Gasteiger partial charge in [0.05, 0.1) is 11.8 Å². The first-order valence-electron chi connectivity index (χ1n) is 7.79. The van der Waals surface area contributed by atoms with Gasteiger partial charge in [0.2, 0.25) is 0 Å². The predicted molar refractivity (Wildman–Crippen MR) is 80.7 cm³/mol. The summed E-state index contributed by atoms with van der Waals surface area (Å²) in [6.07, 6.45) is 7.42. The molecule has 1 aromatic rings. The Kier molecular flexibility index (Phi) is 4.56. The molecule has 0 spiro atoms. The van der Waals surface area contributed by atoms with E-state index in [9.17, 15) is 4.79 Å². The van der Waals surface area contributed by atoms with Crippen molar-refractivity contribution in [2.45, 2.75) is 65.8 Å². The van der Waals surface area contributed by atoms with Crippen LogP contribution in [0.3, 0.4) is 0 Å². The molecule has 0 saturated heterocycles. The van der Waals surface area contributed by atoms with E-state index in [2.05, 4.69) is 26.1 Å². The van der Waals surface area contributed by atoms with Gasteiger partial charge in [-0.1, -0.05) is 27.2 Å². The summed E-state index contributed by atoms with van der Waals surface area (Å²) >= 11 is 0. The average molecular weight is 277 g/mol. The predicted octanol–water partition coefficient (Wildman–Crippen LogP) is 4.31. The molecular formula is C17H27NO2. The average Bonchev–Trinajstić information content (AvgIpc) is 2.85. The summed E-state index contributed by atoms with van der Waals surface area (Å²) in [7, 11) is 0. The van der Waals surface area contributed by atoms with Gasteiger partial charge in [-0.15, -0.1) is 0 Å². The number of rotatable bonds is 4. The molecule has 0 unspecified atom stereocenters. The molecule has 112 valence electrons. The number of hydrogen-bond donors (Lipinski definition) is 1. The van der Waals surface area contributed by atoms with Crippen molar-refractivity contribution in [2.75, 3.05) is 0 Å². The Hall–Kier alpha value is -1.25. The number of carbonyl (C=O) groups excluding carboxylic acids is 1. The summed E-state index contributed by atoms with van der Waals surface area (Å²) in [4.78, 5) is 12.2. The zero-order valence-corrected chi connectivity index (χ0v) is 13.2. The van der Waals surface area contributed by atoms with Crippen LogP contribution in [0.2, 0.25) is 0 Å². The normalized spacial score (nSPS) is 23.6. The Labute approximate surface area is 122 Å². The second kappa shape index (κ2) is 6.02. The van der Waals surface area contributed by atoms with E-state index in [0.717, 1.165) is 18.8 Å². The highest BCUT2D eigenvalue weighted by molar-refractivity contribution is 5.95. The molecule has 1 fully saturated rings. The molecule has 1 amide bonds. The molecule has 1 saturated carbocycles. The molecule has 0 radical (unpaired) electrons. The van der Waals surface area contributed by atoms with Gasteiger partial charge in [-0.3, -0.25) is 4.79 Å². The highest BCUT2D eigenvalue weighted by atomic mass is 16.3. The van der Waals surface area contributed by atoms with Crippen molar-refractivity contribution < 1.29 is 9.21 Å². The summed E-state index contributed by atoms with van der Waals surface area (Å²) in [6.45, 7) is 8.84. The zero-order valence-electron chi connectivity index (χ0n) is 13.2. The van der Waals surface area contributed by atoms with Crippen LogP contribution in [-0.2, 0) is 0 Å². The fraction of sp³-hybridized carbons (Fsp3) is 0.706. The van der Waals surface area contributed by atoms with Crippen LogP contribution in [0.25, 0.3) is 0 Å². The van der Waals surface area contributed by atoms with Crippen LogP contribution in [0.5, 0.6) is 0 Å². The fourth-order valence-corrected chi connectivity index (χ4v) is 3.19. The molecular weight excluding hydrogens is 250 g/mol. The molecule has 1 aliphatic rings. The van der Waals surface area contributed by atoms with Gasteiger partial charge < -0.3 is 9.73 Å². The van der Waals surface area contributed by atoms with Gasteiger partial charge in [0.15, 0.2) is 0 Å². The lowest BCUT2D eigenvalue weighted by Crippen LogP contribution is -2.40. The highest BCUT2D eigenvalue weighted by Crippen LogP contribution is 2.40. The van der Waals surface area contributed by atoms with E-state index in [1.807, 2.05) is 6.92 Å². The minimum absolute atomic E-state index is 0.00875. The molecule has 0 aromatic carbocycles. The maximum atomic E-state index is 12.2. The molecule has 0 aliphatic heterocycles. The summed E-state index contributed by atoms with van der Waals surface area (Å²) in [5.74, 6) is 1.49. The minimum atomic E-state index is 0.00875. The Morgan fingerprint density at radius 3 is 2.50 bits per heavy atom. The zero-order chi connectivity index (χ0) is 14.8. The molecule has 1 aromatic heterocycles. The summed E-state index contributed by atoms with van der Waals surface area (Å²) < 4.78 is 5.19. The monoisotopic (exact) mass is 277 g/mol. The van der Waals surface area contributed by atoms with Crippen molar-refractivity contribution in [1.29, 1.82) is 0 Å². The highest BCUT2D eigenvalue weighted by Gasteiger charge is 2.32. The van der Waals surface area contributed by atoms with Crippen molar-refractivity contribution in [2.24, 2.45) is 11.3 Å². The van der Waals surface area contributed by atoms with Crippen LogP contribution < -0.4 is 5.32 Å². The third-order valence-corrected chi connectivity index (χ3v) is 5.18. The first kappa shape index (κ1) is 15.1. The second-order valence-electron chi connectivity index (χ2n) is 6.75. The molecule has 1 heterocycles. The summed E-state index contributed by atoms with van der Waals surface area (Å²) in [5, 5.41) is 3.15. The molecule has 0 atom stereocenters. The quantitative estimate of drug-likeness (QED) is 0.891. The maximum absolute atomic E-state index is 12.2. The molecule has 0 bridgehead atoms. The number of aryl methyl sites for hydroxylation is 1. The van der Waals surface area contributed by atoms with Crippen LogP contribution >= 0.6 is 0 Å². The van der Waals surface area contributed by atoms with Crippen molar-refractivity contribution in [3.63, 3.8) is 0 Å². The van der Waals surface area contributed by atoms with Crippen LogP contribution in [0.15, 0.2) is 16.7 Å². The third-order valence-electron chi connectivity index (χ3n) is 5.18. The third kappa shape index (κ3) is 3.25. The fourth-order valence-electron chi connectivity index (χ4n) is 3.19. The van der Waals surface area contributed by atoms with E-state index < -0.39 is 0 Å². The maximum Gasteiger partial charge on any atom is 0.255 e. The molecule has 1 N–H and O–H groups in total. The standard InChI is InChI=1S/C17H27NO2/c1-5-17(3,4)13-6-8-14(9-7-13)18-16(19)15-10-11-20-12(15)2/h10-11,13-14H,5-9H2,1-4H3,(H,18,19). The van der Waals surface area contributed by atoms with E-state index in [4.69, 9.17) is 4.42 Å². The van der Waals surface area contributed by atoms with Gasteiger partial charge in [0.1, 0.15) is 5.76 Å². The first-order chi connectivity index (χ1) is 9.44. The van der Waals surface area contributed by atoms with E-state index in [0.29, 0.717) is 22.8 Å². The topological polar surface area (TPSA) is 42.2 Å². The van der Waals surface area contributed by atoms with E-state index in [1.54, 1.807) is 12.3 Å². The number of carbonyl (C=O) groups is 1. The number of furan rings is 1. The van der Waals surface area contributed by atoms with Gasteiger partial charge in [-0.25, -0.2) is 0 Å². The van der Waals surface area contributed by atoms with Gasteiger partial charge in [-0.05, 0) is 50.0 Å². The first-order valence-corrected chi connectivity index (χ1v) is 7.79. The molecule has 1 aliphatic carbocycles. The summed E-state index contributed by atoms with van der Waals surface area (Å²) in [5.41, 5.74) is 1.09. The lowest BCUT2D eigenvalue weighted by molar-refractivity contribution is 0.0892. The van der Waals surface area contributed by atoms with Crippen molar-refractivity contribution >= 4 is 5.91 Å². The van der Waals surface area contributed by atoms with Crippen molar-refractivity contribution in [1.82, 2.24) is 5.32 Å². The smallest absolute Gasteiger partial charge is 0.255 e. The SMILES string of the molecule is CCC(C)(C)C1CCC(NC(=O)c2ccoc2C)CC1. The van der Waals surface area contributed by atoms with Crippen LogP contribution in [0, 0.1) is 18.3 Å². The van der Waals surface area contributed by atoms with Crippen LogP contribution in [0.1, 0.15) is 69.0 Å². The number of hydrogen-bond acceptors (Lipinski definition) is 2. The van der Waals surface area contributed by atoms with Gasteiger partial charge in [0.25, 0.3) is 5.91 Å². The van der Waals surface area contributed by atoms with E-state index in [-0.39, 0.29) is 5.91 Å². The van der Waals surface area contributed by atoms with Gasteiger partial charge in [0, 0.05) is 6.04 Å². The van der Waals surface area contributed by atoms with Crippen molar-refractivity contribution in [3.8, 4) is 0 Å².